The zero-order valence-corrected chi connectivity index (χ0v) is 9.09. The monoisotopic (exact) mass is 237 g/mol. The van der Waals surface area contributed by atoms with Gasteiger partial charge in [-0.15, -0.1) is 15.0 Å². The molecule has 16 heavy (non-hydrogen) atoms. The van der Waals surface area contributed by atoms with Gasteiger partial charge in [0.1, 0.15) is 0 Å². The van der Waals surface area contributed by atoms with Crippen LogP contribution in [0.15, 0.2) is 29.4 Å². The van der Waals surface area contributed by atoms with Gasteiger partial charge in [-0.1, -0.05) is 11.8 Å². The lowest BCUT2D eigenvalue weighted by molar-refractivity contribution is -0.384. The number of thioether (sulfide) groups is 1. The molecule has 0 atom stereocenters. The molecule has 0 aliphatic heterocycles. The van der Waals surface area contributed by atoms with Crippen LogP contribution < -0.4 is 0 Å². The van der Waals surface area contributed by atoms with E-state index < -0.39 is 4.92 Å². The fourth-order valence-electron chi connectivity index (χ4n) is 1.10. The highest BCUT2D eigenvalue weighted by Gasteiger charge is 2.07. The molecule has 1 heterocycles. The summed E-state index contributed by atoms with van der Waals surface area (Å²) in [6, 6.07) is 5.95. The molecule has 0 saturated heterocycles. The number of non-ortho nitro benzene ring substituents is 1. The van der Waals surface area contributed by atoms with Crippen molar-refractivity contribution in [1.82, 2.24) is 20.2 Å². The second-order valence-corrected chi connectivity index (χ2v) is 3.61. The van der Waals surface area contributed by atoms with Crippen LogP contribution in [-0.2, 0) is 0 Å². The first kappa shape index (κ1) is 10.6. The molecule has 82 valence electrons. The molecule has 0 radical (unpaired) electrons. The summed E-state index contributed by atoms with van der Waals surface area (Å²) in [4.78, 5) is 11.3. The normalized spacial score (nSPS) is 10.3. The molecule has 2 rings (SSSR count). The second kappa shape index (κ2) is 4.27. The van der Waals surface area contributed by atoms with Crippen LogP contribution in [0, 0.1) is 10.1 Å². The number of hydrogen-bond acceptors (Lipinski definition) is 6. The molecule has 1 aromatic carbocycles. The zero-order valence-electron chi connectivity index (χ0n) is 8.27. The Kier molecular flexibility index (Phi) is 2.82. The summed E-state index contributed by atoms with van der Waals surface area (Å²) in [6.45, 7) is 0. The van der Waals surface area contributed by atoms with Crippen LogP contribution in [0.25, 0.3) is 5.69 Å². The van der Waals surface area contributed by atoms with Gasteiger partial charge < -0.3 is 0 Å². The van der Waals surface area contributed by atoms with Gasteiger partial charge in [-0.05, 0) is 23.6 Å². The number of tetrazole rings is 1. The van der Waals surface area contributed by atoms with Crippen LogP contribution in [0.1, 0.15) is 0 Å². The van der Waals surface area contributed by atoms with E-state index in [-0.39, 0.29) is 5.69 Å². The molecule has 1 aromatic heterocycles. The Labute approximate surface area is 94.6 Å². The van der Waals surface area contributed by atoms with Crippen molar-refractivity contribution in [2.24, 2.45) is 0 Å². The number of nitrogens with zero attached hydrogens (tertiary/aromatic N) is 5. The highest BCUT2D eigenvalue weighted by molar-refractivity contribution is 7.98. The van der Waals surface area contributed by atoms with Gasteiger partial charge in [-0.2, -0.15) is 0 Å². The number of nitro benzene ring substituents is 1. The zero-order chi connectivity index (χ0) is 11.5. The number of benzene rings is 1. The number of aromatic nitrogens is 4. The van der Waals surface area contributed by atoms with Gasteiger partial charge in [-0.25, -0.2) is 0 Å². The van der Waals surface area contributed by atoms with E-state index in [1.807, 2.05) is 6.26 Å². The van der Waals surface area contributed by atoms with Crippen molar-refractivity contribution in [3.05, 3.63) is 34.4 Å². The first-order chi connectivity index (χ1) is 7.70. The maximum Gasteiger partial charge on any atom is 0.269 e. The van der Waals surface area contributed by atoms with Crippen LogP contribution in [0.3, 0.4) is 0 Å². The van der Waals surface area contributed by atoms with Gasteiger partial charge in [0.25, 0.3) is 5.69 Å². The lowest BCUT2D eigenvalue weighted by atomic mass is 10.3. The number of hydrogen-bond donors (Lipinski definition) is 0. The molecular formula is C8H7N5O2S. The van der Waals surface area contributed by atoms with Crippen LogP contribution in [-0.4, -0.2) is 31.4 Å². The van der Waals surface area contributed by atoms with Crippen LogP contribution in [0.5, 0.6) is 0 Å². The minimum atomic E-state index is -0.453. The van der Waals surface area contributed by atoms with Crippen LogP contribution >= 0.6 is 11.8 Å². The van der Waals surface area contributed by atoms with Crippen LogP contribution in [0.2, 0.25) is 0 Å². The van der Waals surface area contributed by atoms with E-state index in [0.717, 1.165) is 0 Å². The van der Waals surface area contributed by atoms with Crippen molar-refractivity contribution >= 4 is 17.4 Å². The fraction of sp³-hybridized carbons (Fsp3) is 0.125. The lowest BCUT2D eigenvalue weighted by Crippen LogP contribution is -1.99. The lowest BCUT2D eigenvalue weighted by Gasteiger charge is -1.96. The topological polar surface area (TPSA) is 86.7 Å². The minimum Gasteiger partial charge on any atom is -0.258 e. The molecule has 0 aliphatic rings. The largest absolute Gasteiger partial charge is 0.269 e. The molecule has 8 heteroatoms. The fourth-order valence-corrected chi connectivity index (χ4v) is 1.38. The SMILES string of the molecule is CSc1nnn(-c2ccc([N+](=O)[O-])cc2)n1. The molecule has 0 unspecified atom stereocenters. The van der Waals surface area contributed by atoms with Gasteiger partial charge in [0.2, 0.25) is 5.16 Å². The summed E-state index contributed by atoms with van der Waals surface area (Å²) in [5, 5.41) is 22.7. The summed E-state index contributed by atoms with van der Waals surface area (Å²) in [5.74, 6) is 0. The Morgan fingerprint density at radius 2 is 2.06 bits per heavy atom. The Morgan fingerprint density at radius 3 is 2.56 bits per heavy atom. The Bertz CT molecular complexity index is 509. The summed E-state index contributed by atoms with van der Waals surface area (Å²) in [6.07, 6.45) is 1.84. The molecule has 0 spiro atoms. The van der Waals surface area contributed by atoms with E-state index >= 15 is 0 Å². The predicted octanol–water partition coefficient (Wildman–Crippen LogP) is 1.29. The van der Waals surface area contributed by atoms with E-state index in [1.54, 1.807) is 12.1 Å². The van der Waals surface area contributed by atoms with E-state index in [9.17, 15) is 10.1 Å². The van der Waals surface area contributed by atoms with Gasteiger partial charge in [0.05, 0.1) is 10.6 Å². The average Bonchev–Trinajstić information content (AvgIpc) is 2.77. The third kappa shape index (κ3) is 2.01. The van der Waals surface area contributed by atoms with Gasteiger partial charge in [-0.3, -0.25) is 10.1 Å². The number of nitro groups is 1. The second-order valence-electron chi connectivity index (χ2n) is 2.84. The van der Waals surface area contributed by atoms with Gasteiger partial charge in [0.15, 0.2) is 0 Å². The molecule has 7 nitrogen and oxygen atoms in total. The smallest absolute Gasteiger partial charge is 0.258 e. The van der Waals surface area contributed by atoms with Crippen molar-refractivity contribution in [1.29, 1.82) is 0 Å². The Hall–Kier alpha value is -1.96. The maximum absolute atomic E-state index is 10.5. The molecule has 0 amide bonds. The molecule has 0 aliphatic carbocycles. The van der Waals surface area contributed by atoms with Crippen molar-refractivity contribution in [2.75, 3.05) is 6.26 Å². The highest BCUT2D eigenvalue weighted by Crippen LogP contribution is 2.14. The van der Waals surface area contributed by atoms with E-state index in [2.05, 4.69) is 15.4 Å². The summed E-state index contributed by atoms with van der Waals surface area (Å²) in [5.41, 5.74) is 0.673. The molecule has 0 fully saturated rings. The first-order valence-electron chi connectivity index (χ1n) is 4.29. The number of rotatable bonds is 3. The van der Waals surface area contributed by atoms with Gasteiger partial charge >= 0.3 is 0 Å². The van der Waals surface area contributed by atoms with Crippen molar-refractivity contribution < 1.29 is 4.92 Å². The van der Waals surface area contributed by atoms with E-state index in [4.69, 9.17) is 0 Å². The predicted molar refractivity (Wildman–Crippen MR) is 57.6 cm³/mol. The molecule has 0 N–H and O–H groups in total. The summed E-state index contributed by atoms with van der Waals surface area (Å²) < 4.78 is 0. The third-order valence-electron chi connectivity index (χ3n) is 1.87. The average molecular weight is 237 g/mol. The standard InChI is InChI=1S/C8H7N5O2S/c1-16-8-9-11-12(10-8)6-2-4-7(5-3-6)13(14)15/h2-5H,1H3. The summed E-state index contributed by atoms with van der Waals surface area (Å²) >= 11 is 1.38. The molecule has 0 bridgehead atoms. The molecule has 2 aromatic rings. The van der Waals surface area contributed by atoms with Crippen molar-refractivity contribution in [3.63, 3.8) is 0 Å². The van der Waals surface area contributed by atoms with Gasteiger partial charge in [0, 0.05) is 12.1 Å². The van der Waals surface area contributed by atoms with Crippen molar-refractivity contribution in [3.8, 4) is 5.69 Å². The quantitative estimate of drug-likeness (QED) is 0.454. The first-order valence-corrected chi connectivity index (χ1v) is 5.52. The molecular weight excluding hydrogens is 230 g/mol. The van der Waals surface area contributed by atoms with Crippen molar-refractivity contribution in [2.45, 2.75) is 5.16 Å². The van der Waals surface area contributed by atoms with E-state index in [0.29, 0.717) is 10.8 Å². The maximum atomic E-state index is 10.5. The van der Waals surface area contributed by atoms with Crippen LogP contribution in [0.4, 0.5) is 5.69 Å². The Balaban J connectivity index is 2.30. The third-order valence-corrected chi connectivity index (χ3v) is 2.40. The Morgan fingerprint density at radius 1 is 1.38 bits per heavy atom. The highest BCUT2D eigenvalue weighted by atomic mass is 32.2. The van der Waals surface area contributed by atoms with E-state index in [1.165, 1.54) is 28.7 Å². The minimum absolute atomic E-state index is 0.0361. The molecule has 0 saturated carbocycles. The summed E-state index contributed by atoms with van der Waals surface area (Å²) in [7, 11) is 0.